The summed E-state index contributed by atoms with van der Waals surface area (Å²) in [7, 11) is 0. The van der Waals surface area contributed by atoms with Crippen molar-refractivity contribution < 1.29 is 22.7 Å². The zero-order valence-electron chi connectivity index (χ0n) is 10.5. The molecule has 1 rings (SSSR count). The van der Waals surface area contributed by atoms with Crippen LogP contribution < -0.4 is 10.5 Å². The Labute approximate surface area is 109 Å². The van der Waals surface area contributed by atoms with Crippen LogP contribution in [0.5, 0.6) is 5.75 Å². The number of nitrogens with two attached hydrogens (primary N) is 1. The van der Waals surface area contributed by atoms with E-state index in [2.05, 4.69) is 4.74 Å². The maximum Gasteiger partial charge on any atom is 0.573 e. The number of ketones is 1. The van der Waals surface area contributed by atoms with Gasteiger partial charge in [0.05, 0.1) is 0 Å². The molecule has 2 N–H and O–H groups in total. The lowest BCUT2D eigenvalue weighted by Gasteiger charge is -2.14. The van der Waals surface area contributed by atoms with E-state index in [0.29, 0.717) is 6.42 Å². The Balaban J connectivity index is 2.89. The molecule has 3 nitrogen and oxygen atoms in total. The van der Waals surface area contributed by atoms with E-state index in [1.54, 1.807) is 0 Å². The summed E-state index contributed by atoms with van der Waals surface area (Å²) in [5.74, 6) is -1.02. The van der Waals surface area contributed by atoms with E-state index >= 15 is 0 Å². The molecule has 0 heterocycles. The number of hydrogen-bond acceptors (Lipinski definition) is 3. The summed E-state index contributed by atoms with van der Waals surface area (Å²) in [6, 6.07) is 5.06. The van der Waals surface area contributed by atoms with Gasteiger partial charge in [0.15, 0.2) is 5.78 Å². The first-order chi connectivity index (χ1) is 8.87. The first-order valence-electron chi connectivity index (χ1n) is 5.97. The van der Waals surface area contributed by atoms with Gasteiger partial charge in [-0.25, -0.2) is 0 Å². The number of benzene rings is 1. The van der Waals surface area contributed by atoms with Gasteiger partial charge >= 0.3 is 6.36 Å². The molecule has 1 unspecified atom stereocenters. The Kier molecular flexibility index (Phi) is 5.35. The van der Waals surface area contributed by atoms with Crippen LogP contribution in [0.1, 0.15) is 30.1 Å². The minimum absolute atomic E-state index is 0.178. The zero-order chi connectivity index (χ0) is 14.5. The number of Topliss-reactive ketones (excluding diaryl/α,β-unsaturated/α-hetero) is 1. The molecule has 0 aliphatic carbocycles. The number of hydrogen-bond donors (Lipinski definition) is 1. The van der Waals surface area contributed by atoms with Crippen molar-refractivity contribution in [1.29, 1.82) is 0 Å². The van der Waals surface area contributed by atoms with Crippen LogP contribution in [-0.2, 0) is 0 Å². The monoisotopic (exact) mass is 275 g/mol. The third kappa shape index (κ3) is 4.90. The Morgan fingerprint density at radius 2 is 2.11 bits per heavy atom. The first-order valence-corrected chi connectivity index (χ1v) is 5.97. The number of halogens is 3. The number of carbonyl (C=O) groups excluding carboxylic acids is 1. The van der Waals surface area contributed by atoms with E-state index in [9.17, 15) is 18.0 Å². The minimum Gasteiger partial charge on any atom is -0.406 e. The van der Waals surface area contributed by atoms with E-state index < -0.39 is 12.1 Å². The molecule has 6 heteroatoms. The summed E-state index contributed by atoms with van der Waals surface area (Å²) >= 11 is 0. The molecule has 0 aliphatic rings. The molecule has 0 aromatic heterocycles. The lowest BCUT2D eigenvalue weighted by atomic mass is 9.93. The van der Waals surface area contributed by atoms with Gasteiger partial charge in [-0.05, 0) is 18.6 Å². The van der Waals surface area contributed by atoms with Crippen molar-refractivity contribution in [1.82, 2.24) is 0 Å². The number of carbonyl (C=O) groups is 1. The minimum atomic E-state index is -4.77. The quantitative estimate of drug-likeness (QED) is 0.811. The van der Waals surface area contributed by atoms with Gasteiger partial charge in [-0.1, -0.05) is 25.5 Å². The summed E-state index contributed by atoms with van der Waals surface area (Å²) in [4.78, 5) is 12.1. The van der Waals surface area contributed by atoms with Gasteiger partial charge in [0, 0.05) is 18.0 Å². The van der Waals surface area contributed by atoms with E-state index in [-0.39, 0.29) is 23.8 Å². The van der Waals surface area contributed by atoms with E-state index in [1.165, 1.54) is 12.1 Å². The van der Waals surface area contributed by atoms with E-state index in [1.807, 2.05) is 6.92 Å². The highest BCUT2D eigenvalue weighted by Gasteiger charge is 2.31. The predicted molar refractivity (Wildman–Crippen MR) is 64.9 cm³/mol. The van der Waals surface area contributed by atoms with Crippen LogP contribution in [0.2, 0.25) is 0 Å². The molecule has 1 aromatic rings. The summed E-state index contributed by atoms with van der Waals surface area (Å²) in [6.45, 7) is 2.09. The second-order valence-electron chi connectivity index (χ2n) is 4.16. The summed E-state index contributed by atoms with van der Waals surface area (Å²) in [6.07, 6.45) is -3.37. The Morgan fingerprint density at radius 1 is 1.42 bits per heavy atom. The fourth-order valence-electron chi connectivity index (χ4n) is 1.79. The first kappa shape index (κ1) is 15.5. The molecule has 0 saturated carbocycles. The van der Waals surface area contributed by atoms with Crippen molar-refractivity contribution in [2.45, 2.75) is 26.1 Å². The lowest BCUT2D eigenvalue weighted by Crippen LogP contribution is -2.24. The molecular formula is C13H16F3NO2. The van der Waals surface area contributed by atoms with Crippen molar-refractivity contribution in [2.75, 3.05) is 6.54 Å². The zero-order valence-corrected chi connectivity index (χ0v) is 10.5. The van der Waals surface area contributed by atoms with Gasteiger partial charge in [0.2, 0.25) is 0 Å². The molecule has 0 fully saturated rings. The van der Waals surface area contributed by atoms with Gasteiger partial charge in [-0.15, -0.1) is 13.2 Å². The third-order valence-electron chi connectivity index (χ3n) is 2.64. The van der Waals surface area contributed by atoms with Crippen LogP contribution >= 0.6 is 0 Å². The number of rotatable bonds is 6. The average Bonchev–Trinajstić information content (AvgIpc) is 2.33. The van der Waals surface area contributed by atoms with Crippen LogP contribution in [0.3, 0.4) is 0 Å². The maximum atomic E-state index is 12.1. The normalized spacial score (nSPS) is 13.1. The van der Waals surface area contributed by atoms with E-state index in [0.717, 1.165) is 18.6 Å². The fraction of sp³-hybridized carbons (Fsp3) is 0.462. The highest BCUT2D eigenvalue weighted by Crippen LogP contribution is 2.24. The van der Waals surface area contributed by atoms with Crippen molar-refractivity contribution >= 4 is 5.78 Å². The standard InChI is InChI=1S/C13H16F3NO2/c1-2-4-10(8-17)12(18)9-5-3-6-11(7-9)19-13(14,15)16/h3,5-7,10H,2,4,8,17H2,1H3. The molecule has 106 valence electrons. The molecule has 0 radical (unpaired) electrons. The average molecular weight is 275 g/mol. The van der Waals surface area contributed by atoms with E-state index in [4.69, 9.17) is 5.73 Å². The molecule has 19 heavy (non-hydrogen) atoms. The maximum absolute atomic E-state index is 12.1. The Bertz CT molecular complexity index is 432. The molecule has 1 aromatic carbocycles. The molecule has 0 aliphatic heterocycles. The van der Waals surface area contributed by atoms with Crippen LogP contribution in [0.25, 0.3) is 0 Å². The number of alkyl halides is 3. The van der Waals surface area contributed by atoms with Crippen molar-refractivity contribution in [3.8, 4) is 5.75 Å². The number of ether oxygens (including phenoxy) is 1. The van der Waals surface area contributed by atoms with Crippen molar-refractivity contribution in [3.05, 3.63) is 29.8 Å². The molecule has 0 amide bonds. The third-order valence-corrected chi connectivity index (χ3v) is 2.64. The lowest BCUT2D eigenvalue weighted by molar-refractivity contribution is -0.274. The van der Waals surface area contributed by atoms with Gasteiger partial charge in [0.25, 0.3) is 0 Å². The molecule has 1 atom stereocenters. The Morgan fingerprint density at radius 3 is 2.63 bits per heavy atom. The van der Waals surface area contributed by atoms with Gasteiger partial charge in [-0.3, -0.25) is 4.79 Å². The smallest absolute Gasteiger partial charge is 0.406 e. The van der Waals surface area contributed by atoms with Crippen LogP contribution in [0.15, 0.2) is 24.3 Å². The van der Waals surface area contributed by atoms with Gasteiger partial charge < -0.3 is 10.5 Å². The van der Waals surface area contributed by atoms with Gasteiger partial charge in [-0.2, -0.15) is 0 Å². The molecule has 0 bridgehead atoms. The van der Waals surface area contributed by atoms with Crippen molar-refractivity contribution in [2.24, 2.45) is 11.7 Å². The second-order valence-corrected chi connectivity index (χ2v) is 4.16. The molecule has 0 saturated heterocycles. The predicted octanol–water partition coefficient (Wildman–Crippen LogP) is 3.14. The largest absolute Gasteiger partial charge is 0.573 e. The van der Waals surface area contributed by atoms with Crippen LogP contribution in [0, 0.1) is 5.92 Å². The topological polar surface area (TPSA) is 52.3 Å². The molecule has 0 spiro atoms. The van der Waals surface area contributed by atoms with Crippen LogP contribution in [0.4, 0.5) is 13.2 Å². The summed E-state index contributed by atoms with van der Waals surface area (Å²) in [5.41, 5.74) is 5.69. The highest BCUT2D eigenvalue weighted by molar-refractivity contribution is 5.98. The van der Waals surface area contributed by atoms with Gasteiger partial charge in [0.1, 0.15) is 5.75 Å². The highest BCUT2D eigenvalue weighted by atomic mass is 19.4. The van der Waals surface area contributed by atoms with Crippen LogP contribution in [-0.4, -0.2) is 18.7 Å². The summed E-state index contributed by atoms with van der Waals surface area (Å²) < 4.78 is 40.1. The summed E-state index contributed by atoms with van der Waals surface area (Å²) in [5, 5.41) is 0. The molecular weight excluding hydrogens is 259 g/mol. The van der Waals surface area contributed by atoms with Crippen molar-refractivity contribution in [3.63, 3.8) is 0 Å². The Hall–Kier alpha value is -1.56. The second kappa shape index (κ2) is 6.56. The SMILES string of the molecule is CCCC(CN)C(=O)c1cccc(OC(F)(F)F)c1. The fourth-order valence-corrected chi connectivity index (χ4v) is 1.79.